The first-order valence-corrected chi connectivity index (χ1v) is 8.03. The molecule has 2 aliphatic rings. The van der Waals surface area contributed by atoms with Crippen molar-refractivity contribution in [2.45, 2.75) is 57.5 Å². The minimum Gasteiger partial charge on any atom is -0.0731 e. The summed E-state index contributed by atoms with van der Waals surface area (Å²) in [7, 11) is 0.0504. The normalized spacial score (nSPS) is 23.1. The smallest absolute Gasteiger partial charge is 0.0273 e. The first kappa shape index (κ1) is 11.2. The van der Waals surface area contributed by atoms with Gasteiger partial charge in [0.15, 0.2) is 0 Å². The summed E-state index contributed by atoms with van der Waals surface area (Å²) in [5.41, 5.74) is 3.40. The van der Waals surface area contributed by atoms with E-state index in [1.165, 1.54) is 31.7 Å². The van der Waals surface area contributed by atoms with E-state index in [0.29, 0.717) is 5.04 Å². The lowest BCUT2D eigenvalue weighted by molar-refractivity contribution is 0.684. The summed E-state index contributed by atoms with van der Waals surface area (Å²) in [5.74, 6) is 1.70. The van der Waals surface area contributed by atoms with E-state index in [9.17, 15) is 0 Å². The topological polar surface area (TPSA) is 0 Å². The average Bonchev–Trinajstić information content (AvgIpc) is 2.57. The van der Waals surface area contributed by atoms with Crippen molar-refractivity contribution in [2.24, 2.45) is 0 Å². The molecule has 0 spiro atoms. The molecule has 0 amide bonds. The fraction of sp³-hybridized carbons (Fsp3) is 0.643. The lowest BCUT2D eigenvalue weighted by Gasteiger charge is -2.23. The average molecular weight is 219 g/mol. The van der Waals surface area contributed by atoms with Gasteiger partial charge in [0.05, 0.1) is 0 Å². The van der Waals surface area contributed by atoms with E-state index in [4.69, 9.17) is 0 Å². The zero-order valence-electron chi connectivity index (χ0n) is 10.4. The Morgan fingerprint density at radius 3 is 2.60 bits per heavy atom. The molecule has 0 fully saturated rings. The first-order chi connectivity index (χ1) is 7.06. The quantitative estimate of drug-likeness (QED) is 0.620. The fourth-order valence-corrected chi connectivity index (χ4v) is 4.01. The van der Waals surface area contributed by atoms with Gasteiger partial charge in [-0.2, -0.15) is 0 Å². The van der Waals surface area contributed by atoms with Gasteiger partial charge < -0.3 is 0 Å². The van der Waals surface area contributed by atoms with Gasteiger partial charge in [-0.1, -0.05) is 38.5 Å². The zero-order valence-corrected chi connectivity index (χ0v) is 11.8. The molecular weight excluding hydrogens is 196 g/mol. The maximum absolute atomic E-state index is 2.41. The van der Waals surface area contributed by atoms with Crippen LogP contribution in [0.2, 0.25) is 11.1 Å². The van der Waals surface area contributed by atoms with Gasteiger partial charge in [-0.3, -0.25) is 0 Å². The largest absolute Gasteiger partial charge is 0.0731 e. The van der Waals surface area contributed by atoms with E-state index in [-0.39, 0.29) is 9.52 Å². The standard InChI is InChI=1S/C14H23Si/c1-14(2,3)15-10-12-9-8-11-6-4-5-7-13(11)12/h8-9H,4-7,10,15H2,1-3H3. The highest BCUT2D eigenvalue weighted by molar-refractivity contribution is 6.40. The predicted molar refractivity (Wildman–Crippen MR) is 70.9 cm³/mol. The second-order valence-corrected chi connectivity index (χ2v) is 9.25. The molecule has 0 unspecified atom stereocenters. The molecule has 15 heavy (non-hydrogen) atoms. The summed E-state index contributed by atoms with van der Waals surface area (Å²) in [6.45, 7) is 7.19. The van der Waals surface area contributed by atoms with E-state index in [2.05, 4.69) is 32.9 Å². The Bertz CT molecular complexity index is 291. The summed E-state index contributed by atoms with van der Waals surface area (Å²) < 4.78 is 0. The molecule has 1 radical (unpaired) electrons. The van der Waals surface area contributed by atoms with Gasteiger partial charge in [0, 0.05) is 15.4 Å². The van der Waals surface area contributed by atoms with Crippen molar-refractivity contribution in [1.82, 2.24) is 0 Å². The van der Waals surface area contributed by atoms with E-state index < -0.39 is 0 Å². The third-order valence-corrected chi connectivity index (χ3v) is 5.82. The van der Waals surface area contributed by atoms with Crippen LogP contribution in [0.5, 0.6) is 0 Å². The Balaban J connectivity index is 1.95. The highest BCUT2D eigenvalue weighted by Crippen LogP contribution is 2.40. The van der Waals surface area contributed by atoms with Crippen LogP contribution in [-0.2, 0) is 0 Å². The molecule has 0 saturated heterocycles. The van der Waals surface area contributed by atoms with Crippen LogP contribution in [0.1, 0.15) is 46.5 Å². The van der Waals surface area contributed by atoms with E-state index in [1.54, 1.807) is 17.1 Å². The van der Waals surface area contributed by atoms with Crippen molar-refractivity contribution in [1.29, 1.82) is 0 Å². The number of hydrogen-bond donors (Lipinski definition) is 0. The Kier molecular flexibility index (Phi) is 3.20. The molecule has 0 aromatic rings. The summed E-state index contributed by atoms with van der Waals surface area (Å²) in [5, 5.41) is 0.610. The zero-order chi connectivity index (χ0) is 10.9. The molecular formula is C14H23Si. The summed E-state index contributed by atoms with van der Waals surface area (Å²) in [6, 6.07) is 1.42. The van der Waals surface area contributed by atoms with Gasteiger partial charge in [-0.15, -0.1) is 0 Å². The van der Waals surface area contributed by atoms with Crippen LogP contribution >= 0.6 is 0 Å². The van der Waals surface area contributed by atoms with E-state index in [1.807, 2.05) is 0 Å². The van der Waals surface area contributed by atoms with Gasteiger partial charge in [0.1, 0.15) is 0 Å². The van der Waals surface area contributed by atoms with Gasteiger partial charge in [-0.25, -0.2) is 0 Å². The van der Waals surface area contributed by atoms with Crippen molar-refractivity contribution < 1.29 is 0 Å². The second-order valence-electron chi connectivity index (χ2n) is 6.13. The van der Waals surface area contributed by atoms with Crippen molar-refractivity contribution in [3.63, 3.8) is 0 Å². The third kappa shape index (κ3) is 2.84. The van der Waals surface area contributed by atoms with Crippen LogP contribution in [0.25, 0.3) is 0 Å². The maximum atomic E-state index is 2.41. The molecule has 0 nitrogen and oxygen atoms in total. The van der Waals surface area contributed by atoms with Gasteiger partial charge in [-0.05, 0) is 42.3 Å². The monoisotopic (exact) mass is 219 g/mol. The van der Waals surface area contributed by atoms with Crippen LogP contribution in [0, 0.1) is 5.92 Å². The first-order valence-electron chi connectivity index (χ1n) is 6.32. The minimum atomic E-state index is 0.0504. The molecule has 0 heterocycles. The molecule has 0 saturated carbocycles. The molecule has 1 heteroatoms. The van der Waals surface area contributed by atoms with Crippen LogP contribution in [-0.4, -0.2) is 9.52 Å². The maximum Gasteiger partial charge on any atom is 0.0273 e. The lowest BCUT2D eigenvalue weighted by Crippen LogP contribution is -2.12. The Hall–Kier alpha value is -0.303. The molecule has 0 bridgehead atoms. The van der Waals surface area contributed by atoms with E-state index >= 15 is 0 Å². The second kappa shape index (κ2) is 4.29. The molecule has 0 N–H and O–H groups in total. The SMILES string of the molecule is CC(C)(C)[SiH2]C[C]1C=CC2=C1CCCC2. The van der Waals surface area contributed by atoms with Crippen molar-refractivity contribution in [2.75, 3.05) is 0 Å². The molecule has 0 aromatic carbocycles. The van der Waals surface area contributed by atoms with Crippen molar-refractivity contribution >= 4 is 9.52 Å². The summed E-state index contributed by atoms with van der Waals surface area (Å²) >= 11 is 0. The fourth-order valence-electron chi connectivity index (χ4n) is 2.53. The highest BCUT2D eigenvalue weighted by Gasteiger charge is 2.24. The molecule has 0 aromatic heterocycles. The van der Waals surface area contributed by atoms with Gasteiger partial charge >= 0.3 is 0 Å². The summed E-state index contributed by atoms with van der Waals surface area (Å²) in [4.78, 5) is 0. The van der Waals surface area contributed by atoms with Gasteiger partial charge in [0.25, 0.3) is 0 Å². The van der Waals surface area contributed by atoms with Crippen LogP contribution in [0.15, 0.2) is 23.3 Å². The lowest BCUT2D eigenvalue weighted by atomic mass is 9.89. The van der Waals surface area contributed by atoms with Crippen LogP contribution in [0.4, 0.5) is 0 Å². The van der Waals surface area contributed by atoms with E-state index in [0.717, 1.165) is 0 Å². The number of hydrogen-bond acceptors (Lipinski definition) is 0. The Labute approximate surface area is 96.7 Å². The Morgan fingerprint density at radius 2 is 1.87 bits per heavy atom. The molecule has 0 atom stereocenters. The molecule has 83 valence electrons. The molecule has 2 rings (SSSR count). The van der Waals surface area contributed by atoms with Crippen LogP contribution in [0.3, 0.4) is 0 Å². The highest BCUT2D eigenvalue weighted by atomic mass is 28.2. The summed E-state index contributed by atoms with van der Waals surface area (Å²) in [6.07, 6.45) is 10.3. The molecule has 2 aliphatic carbocycles. The van der Waals surface area contributed by atoms with Crippen LogP contribution < -0.4 is 0 Å². The Morgan fingerprint density at radius 1 is 1.13 bits per heavy atom. The number of rotatable bonds is 2. The van der Waals surface area contributed by atoms with Crippen molar-refractivity contribution in [3.05, 3.63) is 29.2 Å². The van der Waals surface area contributed by atoms with Crippen molar-refractivity contribution in [3.8, 4) is 0 Å². The van der Waals surface area contributed by atoms with Gasteiger partial charge in [0.2, 0.25) is 0 Å². The minimum absolute atomic E-state index is 0.0504. The molecule has 0 aliphatic heterocycles. The number of allylic oxidation sites excluding steroid dienone is 4. The third-order valence-electron chi connectivity index (χ3n) is 3.53. The predicted octanol–water partition coefficient (Wildman–Crippen LogP) is 3.81.